The molecule has 2 N–H and O–H groups in total. The number of esters is 2. The number of carbonyl (C=O) groups excluding carboxylic acids is 2. The van der Waals surface area contributed by atoms with Crippen LogP contribution in [0.4, 0.5) is 13.2 Å². The summed E-state index contributed by atoms with van der Waals surface area (Å²) in [7, 11) is 2.61. The summed E-state index contributed by atoms with van der Waals surface area (Å²) in [4.78, 5) is 37.3. The number of aromatic carboxylic acids is 1. The van der Waals surface area contributed by atoms with Crippen molar-refractivity contribution in [1.29, 1.82) is 0 Å². The third-order valence-corrected chi connectivity index (χ3v) is 12.0. The van der Waals surface area contributed by atoms with Crippen LogP contribution in [0.25, 0.3) is 32.7 Å². The lowest BCUT2D eigenvalue weighted by atomic mass is 10.1. The Morgan fingerprint density at radius 3 is 1.45 bits per heavy atom. The predicted octanol–water partition coefficient (Wildman–Crippen LogP) is 13.7. The van der Waals surface area contributed by atoms with Crippen molar-refractivity contribution >= 4 is 98.4 Å². The molecule has 0 unspecified atom stereocenters. The molecule has 66 heavy (non-hydrogen) atoms. The quantitative estimate of drug-likeness (QED) is 0.116. The smallest absolute Gasteiger partial charge is 0.340 e. The highest BCUT2D eigenvalue weighted by atomic mass is 79.9. The number of hydrogen-bond acceptors (Lipinski definition) is 5. The number of hydrogen-bond donors (Lipinski definition) is 2. The average molecular weight is 1090 g/mol. The SMILES string of the molecule is COC(=O)c1ccc(F)c2cc[nH]c12.COC(=O)c1ccc(F)c2ccn(Cc3ccc(Br)cc3)c12.Cc1ccc(CBr)cc1.O=C(O)c1ccc(F)c2ccn(Cc3ccc(Br)cc3)c12. The molecule has 0 aliphatic rings. The summed E-state index contributed by atoms with van der Waals surface area (Å²) in [6.45, 7) is 3.13. The van der Waals surface area contributed by atoms with Gasteiger partial charge in [-0.05, 0) is 102 Å². The Morgan fingerprint density at radius 2 is 0.985 bits per heavy atom. The van der Waals surface area contributed by atoms with E-state index in [-0.39, 0.29) is 17.2 Å². The number of halogens is 6. The van der Waals surface area contributed by atoms with E-state index in [1.165, 1.54) is 61.7 Å². The minimum atomic E-state index is -1.06. The van der Waals surface area contributed by atoms with Gasteiger partial charge in [0.25, 0.3) is 0 Å². The van der Waals surface area contributed by atoms with E-state index < -0.39 is 23.7 Å². The molecule has 6 aromatic carbocycles. The molecule has 0 aliphatic carbocycles. The molecule has 9 rings (SSSR count). The normalized spacial score (nSPS) is 10.6. The fourth-order valence-electron chi connectivity index (χ4n) is 6.94. The number of rotatable bonds is 8. The number of carbonyl (C=O) groups is 3. The molecular weight excluding hydrogens is 1050 g/mol. The van der Waals surface area contributed by atoms with Gasteiger partial charge in [0, 0.05) is 62.1 Å². The third kappa shape index (κ3) is 11.9. The Morgan fingerprint density at radius 1 is 0.561 bits per heavy atom. The number of nitrogens with one attached hydrogen (secondary N) is 1. The number of fused-ring (bicyclic) bond motifs is 3. The maximum absolute atomic E-state index is 14.0. The lowest BCUT2D eigenvalue weighted by Gasteiger charge is -2.09. The van der Waals surface area contributed by atoms with Crippen LogP contribution in [0, 0.1) is 24.4 Å². The first kappa shape index (κ1) is 49.0. The minimum absolute atomic E-state index is 0.105. The number of benzene rings is 6. The molecule has 9 aromatic rings. The van der Waals surface area contributed by atoms with E-state index >= 15 is 0 Å². The number of H-pyrrole nitrogens is 1. The Hall–Kier alpha value is -6.42. The van der Waals surface area contributed by atoms with Crippen LogP contribution < -0.4 is 0 Å². The number of ether oxygens (including phenoxy) is 2. The summed E-state index contributed by atoms with van der Waals surface area (Å²) in [6.07, 6.45) is 5.07. The molecule has 0 atom stereocenters. The fraction of sp³-hybridized carbons (Fsp3) is 0.118. The fourth-order valence-corrected chi connectivity index (χ4v) is 7.85. The minimum Gasteiger partial charge on any atom is -0.478 e. The van der Waals surface area contributed by atoms with Crippen molar-refractivity contribution in [1.82, 2.24) is 14.1 Å². The van der Waals surface area contributed by atoms with Gasteiger partial charge in [0.05, 0.1) is 47.5 Å². The molecule has 0 fully saturated rings. The second-order valence-corrected chi connectivity index (χ2v) is 17.0. The largest absolute Gasteiger partial charge is 0.478 e. The number of aryl methyl sites for hydroxylation is 1. The zero-order valence-corrected chi connectivity index (χ0v) is 40.4. The number of alkyl halides is 1. The van der Waals surface area contributed by atoms with Gasteiger partial charge in [0.2, 0.25) is 0 Å². The van der Waals surface area contributed by atoms with E-state index in [4.69, 9.17) is 4.74 Å². The zero-order valence-electron chi connectivity index (χ0n) is 35.6. The highest BCUT2D eigenvalue weighted by Crippen LogP contribution is 2.27. The highest BCUT2D eigenvalue weighted by Gasteiger charge is 2.18. The summed E-state index contributed by atoms with van der Waals surface area (Å²) >= 11 is 10.1. The number of carboxylic acid groups (broad SMARTS) is 1. The second-order valence-electron chi connectivity index (χ2n) is 14.6. The molecule has 0 radical (unpaired) electrons. The van der Waals surface area contributed by atoms with Gasteiger partial charge in [-0.1, -0.05) is 102 Å². The maximum atomic E-state index is 14.0. The number of aromatic nitrogens is 3. The molecule has 0 saturated carbocycles. The molecule has 0 bridgehead atoms. The molecule has 0 saturated heterocycles. The molecule has 9 nitrogen and oxygen atoms in total. The van der Waals surface area contributed by atoms with Crippen LogP contribution in [-0.4, -0.2) is 51.4 Å². The topological polar surface area (TPSA) is 116 Å². The van der Waals surface area contributed by atoms with E-state index in [2.05, 4.69) is 88.7 Å². The molecule has 0 aliphatic heterocycles. The van der Waals surface area contributed by atoms with Gasteiger partial charge in [-0.25, -0.2) is 27.6 Å². The second kappa shape index (κ2) is 22.7. The van der Waals surface area contributed by atoms with Crippen LogP contribution in [0.3, 0.4) is 0 Å². The lowest BCUT2D eigenvalue weighted by molar-refractivity contribution is 0.0593. The predicted molar refractivity (Wildman–Crippen MR) is 262 cm³/mol. The summed E-state index contributed by atoms with van der Waals surface area (Å²) in [6, 6.07) is 36.8. The van der Waals surface area contributed by atoms with Gasteiger partial charge in [-0.15, -0.1) is 0 Å². The van der Waals surface area contributed by atoms with Gasteiger partial charge < -0.3 is 28.7 Å². The first-order chi connectivity index (χ1) is 31.7. The first-order valence-corrected chi connectivity index (χ1v) is 22.7. The standard InChI is InChI=1S/C17H13BrFNO2.C16H11BrFNO2.C10H8FNO2.C8H9Br/c1-22-17(21)14-6-7-15(19)13-8-9-20(16(13)14)10-11-2-4-12(18)5-3-11;17-11-3-1-10(2-4-11)9-19-8-7-12-14(18)6-5-13(15(12)19)16(20)21;1-14-10(13)7-2-3-8(11)6-4-5-12-9(6)7;1-7-2-4-8(6-9)5-3-7/h2-9H,10H2,1H3;1-8H,9H2,(H,20,21);2-5,12H,1H3;2-5H,6H2,1H3. The maximum Gasteiger partial charge on any atom is 0.340 e. The number of nitrogens with zero attached hydrogens (tertiary/aromatic N) is 2. The molecule has 15 heteroatoms. The van der Waals surface area contributed by atoms with E-state index in [0.29, 0.717) is 56.9 Å². The number of aromatic amines is 1. The van der Waals surface area contributed by atoms with E-state index in [1.54, 1.807) is 41.4 Å². The monoisotopic (exact) mass is 1090 g/mol. The molecule has 0 amide bonds. The molecule has 3 heterocycles. The van der Waals surface area contributed by atoms with E-state index in [0.717, 1.165) is 25.4 Å². The third-order valence-electron chi connectivity index (χ3n) is 10.3. The van der Waals surface area contributed by atoms with Gasteiger partial charge in [0.15, 0.2) is 0 Å². The highest BCUT2D eigenvalue weighted by molar-refractivity contribution is 9.10. The number of methoxy groups -OCH3 is 2. The molecule has 3 aromatic heterocycles. The molecule has 0 spiro atoms. The lowest BCUT2D eigenvalue weighted by Crippen LogP contribution is -2.07. The summed E-state index contributed by atoms with van der Waals surface area (Å²) < 4.78 is 55.9. The Balaban J connectivity index is 0.000000152. The van der Waals surface area contributed by atoms with Gasteiger partial charge in [-0.3, -0.25) is 0 Å². The Kier molecular flexibility index (Phi) is 16.8. The van der Waals surface area contributed by atoms with Crippen molar-refractivity contribution in [3.8, 4) is 0 Å². The zero-order chi connectivity index (χ0) is 47.5. The Labute approximate surface area is 403 Å². The van der Waals surface area contributed by atoms with Crippen molar-refractivity contribution in [2.75, 3.05) is 14.2 Å². The van der Waals surface area contributed by atoms with Gasteiger partial charge >= 0.3 is 17.9 Å². The van der Waals surface area contributed by atoms with Crippen LogP contribution in [0.2, 0.25) is 0 Å². The summed E-state index contributed by atoms with van der Waals surface area (Å²) in [5, 5.41) is 11.4. The van der Waals surface area contributed by atoms with Crippen molar-refractivity contribution in [2.45, 2.75) is 25.3 Å². The summed E-state index contributed by atoms with van der Waals surface area (Å²) in [5.74, 6) is -3.12. The molecule has 338 valence electrons. The van der Waals surface area contributed by atoms with Crippen molar-refractivity contribution in [3.05, 3.63) is 211 Å². The van der Waals surface area contributed by atoms with Crippen LogP contribution in [0.1, 0.15) is 53.3 Å². The molecular formula is C51H41Br3F3N3O6. The van der Waals surface area contributed by atoms with Gasteiger partial charge in [-0.2, -0.15) is 0 Å². The van der Waals surface area contributed by atoms with Crippen molar-refractivity contribution in [3.63, 3.8) is 0 Å². The van der Waals surface area contributed by atoms with Crippen LogP contribution in [0.15, 0.2) is 155 Å². The van der Waals surface area contributed by atoms with E-state index in [1.807, 2.05) is 53.1 Å². The van der Waals surface area contributed by atoms with Crippen molar-refractivity contribution < 1.29 is 42.1 Å². The van der Waals surface area contributed by atoms with Crippen LogP contribution in [0.5, 0.6) is 0 Å². The van der Waals surface area contributed by atoms with Crippen LogP contribution in [-0.2, 0) is 27.9 Å². The first-order valence-electron chi connectivity index (χ1n) is 20.0. The van der Waals surface area contributed by atoms with Crippen molar-refractivity contribution in [2.24, 2.45) is 0 Å². The average Bonchev–Trinajstić information content (AvgIpc) is 4.10. The summed E-state index contributed by atoms with van der Waals surface area (Å²) in [5.41, 5.74) is 6.96. The van der Waals surface area contributed by atoms with Crippen LogP contribution >= 0.6 is 47.8 Å². The van der Waals surface area contributed by atoms with Gasteiger partial charge in [0.1, 0.15) is 17.5 Å². The van der Waals surface area contributed by atoms with E-state index in [9.17, 15) is 32.7 Å². The Bertz CT molecular complexity index is 3130. The number of carboxylic acids is 1.